The fourth-order valence-corrected chi connectivity index (χ4v) is 4.71. The molecule has 0 nitrogen and oxygen atoms in total. The molecule has 3 rings (SSSR count). The second-order valence-electron chi connectivity index (χ2n) is 3.18. The van der Waals surface area contributed by atoms with Gasteiger partial charge in [-0.1, -0.05) is 38.2 Å². The van der Waals surface area contributed by atoms with Crippen LogP contribution >= 0.6 is 15.7 Å². The van der Waals surface area contributed by atoms with E-state index in [1.165, 1.54) is 38.0 Å². The van der Waals surface area contributed by atoms with Crippen LogP contribution in [0.1, 0.15) is 5.56 Å². The fraction of sp³-hybridized carbons (Fsp3) is 0.0909. The first-order valence-corrected chi connectivity index (χ1v) is 7.01. The highest BCUT2D eigenvalue weighted by molar-refractivity contribution is 7.88. The van der Waals surface area contributed by atoms with Crippen molar-refractivity contribution < 1.29 is 0 Å². The largest absolute Gasteiger partial charge is 0.0660 e. The highest BCUT2D eigenvalue weighted by Gasteiger charge is 2.08. The van der Waals surface area contributed by atoms with E-state index in [0.29, 0.717) is 0 Å². The lowest BCUT2D eigenvalue weighted by atomic mass is 10.1. The molecule has 0 amide bonds. The first kappa shape index (κ1) is 7.68. The fourth-order valence-electron chi connectivity index (χ4n) is 1.77. The summed E-state index contributed by atoms with van der Waals surface area (Å²) in [5.74, 6) is 0. The molecule has 0 spiro atoms. The number of benzene rings is 2. The van der Waals surface area contributed by atoms with Crippen LogP contribution in [0.3, 0.4) is 0 Å². The minimum Gasteiger partial charge on any atom is -0.0660 e. The molecule has 62 valence electrons. The van der Waals surface area contributed by atoms with Crippen LogP contribution in [-0.2, 0) is 6.16 Å². The van der Waals surface area contributed by atoms with E-state index >= 15 is 0 Å². The molecule has 1 aliphatic heterocycles. The van der Waals surface area contributed by atoms with Gasteiger partial charge in [0.15, 0.2) is 0 Å². The molecule has 0 bridgehead atoms. The van der Waals surface area contributed by atoms with Gasteiger partial charge >= 0.3 is 0 Å². The predicted molar refractivity (Wildman–Crippen MR) is 61.1 cm³/mol. The molecule has 0 unspecified atom stereocenters. The molecule has 0 fully saturated rings. The van der Waals surface area contributed by atoms with E-state index in [4.69, 9.17) is 0 Å². The normalized spacial score (nSPS) is 16.0. The topological polar surface area (TPSA) is 0 Å². The van der Waals surface area contributed by atoms with E-state index in [1.54, 1.807) is 5.56 Å². The van der Waals surface area contributed by atoms with Gasteiger partial charge < -0.3 is 0 Å². The lowest BCUT2D eigenvalue weighted by Gasteiger charge is -2.03. The van der Waals surface area contributed by atoms with Gasteiger partial charge in [-0.3, -0.25) is 0 Å². The Morgan fingerprint density at radius 1 is 1.00 bits per heavy atom. The van der Waals surface area contributed by atoms with E-state index in [0.717, 1.165) is 0 Å². The zero-order valence-corrected chi connectivity index (χ0v) is 8.85. The quantitative estimate of drug-likeness (QED) is 0.570. The van der Waals surface area contributed by atoms with Crippen LogP contribution in [0.4, 0.5) is 0 Å². The van der Waals surface area contributed by atoms with Crippen molar-refractivity contribution in [2.24, 2.45) is 0 Å². The Labute approximate surface area is 80.4 Å². The number of hydrogen-bond acceptors (Lipinski definition) is 0. The molecule has 2 aromatic carbocycles. The molecule has 13 heavy (non-hydrogen) atoms. The number of fused-ring (bicyclic) bond motifs is 3. The first-order chi connectivity index (χ1) is 6.45. The Morgan fingerprint density at radius 3 is 2.92 bits per heavy atom. The van der Waals surface area contributed by atoms with E-state index in [2.05, 4.69) is 36.4 Å². The summed E-state index contributed by atoms with van der Waals surface area (Å²) in [4.78, 5) is 0. The zero-order chi connectivity index (χ0) is 8.67. The lowest BCUT2D eigenvalue weighted by molar-refractivity contribution is 1.52. The first-order valence-electron chi connectivity index (χ1n) is 4.33. The van der Waals surface area contributed by atoms with Gasteiger partial charge in [0.05, 0.1) is 0 Å². The van der Waals surface area contributed by atoms with Crippen LogP contribution in [0.2, 0.25) is 0 Å². The Balaban J connectivity index is 2.46. The van der Waals surface area contributed by atoms with E-state index in [1.807, 2.05) is 0 Å². The molecule has 1 heterocycles. The molecule has 1 aliphatic rings. The van der Waals surface area contributed by atoms with Crippen molar-refractivity contribution in [1.82, 2.24) is 0 Å². The highest BCUT2D eigenvalue weighted by atomic mass is 31.7. The maximum atomic E-state index is 2.28. The number of rotatable bonds is 0. The second-order valence-corrected chi connectivity index (χ2v) is 5.91. The summed E-state index contributed by atoms with van der Waals surface area (Å²) in [5, 5.41) is 4.37. The van der Waals surface area contributed by atoms with Crippen LogP contribution in [0, 0.1) is 0 Å². The highest BCUT2D eigenvalue weighted by Crippen LogP contribution is 2.33. The Morgan fingerprint density at radius 2 is 1.92 bits per heavy atom. The zero-order valence-electron chi connectivity index (χ0n) is 7.07. The minimum atomic E-state index is 1.23. The summed E-state index contributed by atoms with van der Waals surface area (Å²) in [6.45, 7) is 0. The molecule has 0 saturated carbocycles. The van der Waals surface area contributed by atoms with E-state index in [-0.39, 0.29) is 0 Å². The average molecular weight is 202 g/mol. The van der Waals surface area contributed by atoms with Gasteiger partial charge in [0.2, 0.25) is 0 Å². The second kappa shape index (κ2) is 2.91. The Bertz CT molecular complexity index is 500. The standard InChI is InChI=1S/C11H8P2/c1-2-4-9-8(3-1)5-6-11-10(9)7-12-13-11/h1-6H,7H2. The van der Waals surface area contributed by atoms with Crippen molar-refractivity contribution >= 4 is 31.8 Å². The maximum absolute atomic E-state index is 2.28. The molecule has 0 aliphatic carbocycles. The molecule has 0 N–H and O–H groups in total. The van der Waals surface area contributed by atoms with E-state index in [9.17, 15) is 0 Å². The third-order valence-corrected chi connectivity index (χ3v) is 5.15. The molecule has 0 saturated heterocycles. The van der Waals surface area contributed by atoms with Crippen molar-refractivity contribution in [1.29, 1.82) is 0 Å². The summed E-state index contributed by atoms with van der Waals surface area (Å²) < 4.78 is 0. The summed E-state index contributed by atoms with van der Waals surface area (Å²) >= 11 is 0. The van der Waals surface area contributed by atoms with Crippen molar-refractivity contribution in [3.8, 4) is 0 Å². The van der Waals surface area contributed by atoms with Gasteiger partial charge in [-0.2, -0.15) is 0 Å². The van der Waals surface area contributed by atoms with Crippen LogP contribution < -0.4 is 5.30 Å². The Kier molecular flexibility index (Phi) is 1.72. The smallest absolute Gasteiger partial charge is 0.0205 e. The summed E-state index contributed by atoms with van der Waals surface area (Å²) in [6.07, 6.45) is 1.23. The molecule has 0 aromatic heterocycles. The van der Waals surface area contributed by atoms with E-state index < -0.39 is 0 Å². The van der Waals surface area contributed by atoms with Crippen molar-refractivity contribution in [3.05, 3.63) is 42.0 Å². The summed E-state index contributed by atoms with van der Waals surface area (Å²) in [7, 11) is 3.02. The maximum Gasteiger partial charge on any atom is 0.0205 e. The molecule has 0 atom stereocenters. The molecule has 2 heteroatoms. The van der Waals surface area contributed by atoms with Crippen molar-refractivity contribution in [2.45, 2.75) is 6.16 Å². The number of hydrogen-bond donors (Lipinski definition) is 0. The molecular formula is C11H8P2. The molecule has 2 aromatic rings. The van der Waals surface area contributed by atoms with Crippen LogP contribution in [0.5, 0.6) is 0 Å². The van der Waals surface area contributed by atoms with Crippen LogP contribution in [-0.4, -0.2) is 0 Å². The monoisotopic (exact) mass is 202 g/mol. The average Bonchev–Trinajstić information content (AvgIpc) is 2.65. The van der Waals surface area contributed by atoms with Gasteiger partial charge in [-0.15, -0.1) is 0 Å². The van der Waals surface area contributed by atoms with Crippen LogP contribution in [0.25, 0.3) is 10.8 Å². The van der Waals surface area contributed by atoms with Gasteiger partial charge in [0, 0.05) is 11.5 Å². The van der Waals surface area contributed by atoms with Crippen molar-refractivity contribution in [3.63, 3.8) is 0 Å². The van der Waals surface area contributed by atoms with Crippen molar-refractivity contribution in [2.75, 3.05) is 0 Å². The van der Waals surface area contributed by atoms with Gasteiger partial charge in [-0.25, -0.2) is 0 Å². The third-order valence-electron chi connectivity index (χ3n) is 2.42. The van der Waals surface area contributed by atoms with Crippen LogP contribution in [0.15, 0.2) is 36.4 Å². The third kappa shape index (κ3) is 1.14. The lowest BCUT2D eigenvalue weighted by Crippen LogP contribution is -1.97. The Hall–Kier alpha value is -0.700. The molecular weight excluding hydrogens is 194 g/mol. The summed E-state index contributed by atoms with van der Waals surface area (Å²) in [6, 6.07) is 13.2. The SMILES string of the molecule is c1ccc2c3c(ccc2c1)P=PC3. The predicted octanol–water partition coefficient (Wildman–Crippen LogP) is 3.79. The van der Waals surface area contributed by atoms with Gasteiger partial charge in [0.1, 0.15) is 0 Å². The van der Waals surface area contributed by atoms with Gasteiger partial charge in [0.25, 0.3) is 0 Å². The minimum absolute atomic E-state index is 1.23. The molecule has 0 radical (unpaired) electrons. The van der Waals surface area contributed by atoms with Gasteiger partial charge in [-0.05, 0) is 30.3 Å². The summed E-state index contributed by atoms with van der Waals surface area (Å²) in [5.41, 5.74) is 1.57.